The fourth-order valence-electron chi connectivity index (χ4n) is 8.98. The van der Waals surface area contributed by atoms with Crippen molar-refractivity contribution in [2.75, 3.05) is 26.2 Å². The zero-order valence-electron chi connectivity index (χ0n) is 34.5. The second kappa shape index (κ2) is 18.3. The summed E-state index contributed by atoms with van der Waals surface area (Å²) in [7, 11) is 0. The van der Waals surface area contributed by atoms with E-state index in [1.165, 1.54) is 6.20 Å². The molecule has 4 heterocycles. The van der Waals surface area contributed by atoms with Gasteiger partial charge in [-0.1, -0.05) is 79.0 Å². The van der Waals surface area contributed by atoms with Crippen LogP contribution in [0, 0.1) is 30.1 Å². The van der Waals surface area contributed by atoms with Crippen molar-refractivity contribution in [3.63, 3.8) is 0 Å². The van der Waals surface area contributed by atoms with E-state index in [1.807, 2.05) is 41.3 Å². The number of aryl methyl sites for hydroxylation is 1. The van der Waals surface area contributed by atoms with Crippen molar-refractivity contribution in [3.05, 3.63) is 135 Å². The highest BCUT2D eigenvalue weighted by Crippen LogP contribution is 2.47. The van der Waals surface area contributed by atoms with Gasteiger partial charge < -0.3 is 24.1 Å². The summed E-state index contributed by atoms with van der Waals surface area (Å²) in [5.41, 5.74) is 6.01. The molecule has 0 amide bonds. The molecule has 0 bridgehead atoms. The predicted molar refractivity (Wildman–Crippen MR) is 235 cm³/mol. The second-order valence-electron chi connectivity index (χ2n) is 16.5. The van der Waals surface area contributed by atoms with E-state index >= 15 is 0 Å². The third-order valence-electron chi connectivity index (χ3n) is 12.5. The van der Waals surface area contributed by atoms with Crippen molar-refractivity contribution in [1.29, 1.82) is 5.26 Å². The van der Waals surface area contributed by atoms with Gasteiger partial charge in [-0.3, -0.25) is 24.4 Å². The fourth-order valence-corrected chi connectivity index (χ4v) is 9.50. The topological polar surface area (TPSA) is 162 Å². The van der Waals surface area contributed by atoms with E-state index in [0.717, 1.165) is 35.1 Å². The highest BCUT2D eigenvalue weighted by atomic mass is 35.5. The van der Waals surface area contributed by atoms with Crippen LogP contribution in [-0.4, -0.2) is 74.2 Å². The van der Waals surface area contributed by atoms with Crippen molar-refractivity contribution in [2.24, 2.45) is 11.8 Å². The number of ether oxygens (including phenoxy) is 2. The number of oxazole rings is 1. The van der Waals surface area contributed by atoms with Gasteiger partial charge in [-0.15, -0.1) is 0 Å². The van der Waals surface area contributed by atoms with Crippen LogP contribution in [0.2, 0.25) is 10.0 Å². The normalized spacial score (nSPS) is 21.7. The van der Waals surface area contributed by atoms with E-state index in [1.54, 1.807) is 24.4 Å². The molecule has 3 aliphatic rings. The van der Waals surface area contributed by atoms with E-state index in [9.17, 15) is 25.1 Å². The molecule has 2 N–H and O–H groups in total. The molecule has 4 atom stereocenters. The standard InChI is InChI=1S/C48H47Cl2N5O7/c1-29-8-3-4-9-36(29)37-10-7-13-48(30(37)2,47-53-40-18-31(17-39(50)44(40)62-47)24-54-15-12-34(25-54)45(56)57)28-61-43-20-42(60-27-33-16-32(21-51)22-52-23-33)35(19-38(43)49)26-55-14-6-5-11-41(55)46(58)59/h3-4,7-10,13,16-20,22-23,30,34,41H,5-6,11-12,14-15,24-28H2,1-2H3,(H,56,57)(H,58,59)/t30?,34-,41+,48?/m1/s1. The fraction of sp³-hybridized carbons (Fsp3) is 0.354. The van der Waals surface area contributed by atoms with Gasteiger partial charge in [-0.05, 0) is 85.8 Å². The van der Waals surface area contributed by atoms with Crippen LogP contribution < -0.4 is 9.47 Å². The maximum Gasteiger partial charge on any atom is 0.320 e. The summed E-state index contributed by atoms with van der Waals surface area (Å²) in [6.45, 7) is 6.93. The molecular weight excluding hydrogens is 829 g/mol. The number of piperidine rings is 1. The average molecular weight is 877 g/mol. The van der Waals surface area contributed by atoms with E-state index < -0.39 is 29.3 Å². The molecule has 0 saturated carbocycles. The number of carboxylic acid groups (broad SMARTS) is 2. The molecule has 1 aliphatic carbocycles. The summed E-state index contributed by atoms with van der Waals surface area (Å²) >= 11 is 14.0. The first-order valence-electron chi connectivity index (χ1n) is 20.8. The van der Waals surface area contributed by atoms with Crippen LogP contribution in [0.5, 0.6) is 11.5 Å². The van der Waals surface area contributed by atoms with E-state index in [0.29, 0.717) is 101 Å². The molecule has 3 aromatic carbocycles. The minimum Gasteiger partial charge on any atom is -0.490 e. The maximum absolute atomic E-state index is 12.3. The molecule has 62 heavy (non-hydrogen) atoms. The lowest BCUT2D eigenvalue weighted by Gasteiger charge is -2.37. The third-order valence-corrected chi connectivity index (χ3v) is 13.0. The van der Waals surface area contributed by atoms with Crippen LogP contribution in [0.15, 0.2) is 89.6 Å². The van der Waals surface area contributed by atoms with Crippen LogP contribution in [0.4, 0.5) is 0 Å². The summed E-state index contributed by atoms with van der Waals surface area (Å²) in [4.78, 5) is 37.3. The van der Waals surface area contributed by atoms with Crippen molar-refractivity contribution in [1.82, 2.24) is 19.8 Å². The Kier molecular flexibility index (Phi) is 12.7. The van der Waals surface area contributed by atoms with Crippen LogP contribution in [0.3, 0.4) is 0 Å². The Morgan fingerprint density at radius 2 is 1.81 bits per heavy atom. The number of hydrogen-bond acceptors (Lipinski definition) is 10. The summed E-state index contributed by atoms with van der Waals surface area (Å²) in [6.07, 6.45) is 12.1. The number of allylic oxidation sites excluding steroid dienone is 3. The smallest absolute Gasteiger partial charge is 0.320 e. The van der Waals surface area contributed by atoms with Crippen LogP contribution in [0.1, 0.15) is 71.9 Å². The number of pyridine rings is 1. The minimum atomic E-state index is -0.965. The van der Waals surface area contributed by atoms with Gasteiger partial charge in [0.15, 0.2) is 5.58 Å². The zero-order valence-corrected chi connectivity index (χ0v) is 36.0. The SMILES string of the molecule is Cc1ccccc1C1=CC=CC(COc2cc(OCc3cncc(C#N)c3)c(CN3CCCC[C@H]3C(=O)O)cc2Cl)(c2nc3cc(CN4CC[C@@H](C(=O)O)C4)cc(Cl)c3o2)C1C. The van der Waals surface area contributed by atoms with Gasteiger partial charge in [-0.25, -0.2) is 4.98 Å². The molecule has 0 spiro atoms. The quantitative estimate of drug-likeness (QED) is 0.109. The Morgan fingerprint density at radius 1 is 0.968 bits per heavy atom. The molecule has 2 saturated heterocycles. The number of aromatic nitrogens is 2. The molecule has 14 heteroatoms. The molecule has 2 aliphatic heterocycles. The second-order valence-corrected chi connectivity index (χ2v) is 17.4. The van der Waals surface area contributed by atoms with E-state index in [2.05, 4.69) is 48.0 Å². The lowest BCUT2D eigenvalue weighted by atomic mass is 9.68. The number of fused-ring (bicyclic) bond motifs is 1. The molecule has 2 aromatic heterocycles. The van der Waals surface area contributed by atoms with Gasteiger partial charge in [0, 0.05) is 55.1 Å². The predicted octanol–water partition coefficient (Wildman–Crippen LogP) is 9.24. The van der Waals surface area contributed by atoms with Gasteiger partial charge in [0.05, 0.1) is 21.5 Å². The van der Waals surface area contributed by atoms with Crippen molar-refractivity contribution < 1.29 is 33.7 Å². The number of halogens is 2. The first kappa shape index (κ1) is 43.0. The Labute approximate surface area is 370 Å². The number of hydrogen-bond donors (Lipinski definition) is 2. The number of benzene rings is 3. The number of nitrogens with zero attached hydrogens (tertiary/aromatic N) is 5. The Hall–Kier alpha value is -5.71. The third kappa shape index (κ3) is 8.94. The number of rotatable bonds is 14. The molecule has 8 rings (SSSR count). The molecule has 12 nitrogen and oxygen atoms in total. The van der Waals surface area contributed by atoms with Gasteiger partial charge in [0.2, 0.25) is 5.89 Å². The minimum absolute atomic E-state index is 0.0510. The van der Waals surface area contributed by atoms with Gasteiger partial charge >= 0.3 is 11.9 Å². The summed E-state index contributed by atoms with van der Waals surface area (Å²) in [6, 6.07) is 18.7. The monoisotopic (exact) mass is 875 g/mol. The highest BCUT2D eigenvalue weighted by Gasteiger charge is 2.45. The number of nitriles is 1. The lowest BCUT2D eigenvalue weighted by molar-refractivity contribution is -0.145. The summed E-state index contributed by atoms with van der Waals surface area (Å²) < 4.78 is 19.9. The number of carboxylic acids is 2. The first-order valence-corrected chi connectivity index (χ1v) is 21.6. The maximum atomic E-state index is 12.3. The van der Waals surface area contributed by atoms with Crippen LogP contribution in [-0.2, 0) is 34.7 Å². The van der Waals surface area contributed by atoms with Gasteiger partial charge in [0.25, 0.3) is 0 Å². The summed E-state index contributed by atoms with van der Waals surface area (Å²) in [5.74, 6) is -1.07. The molecule has 2 fully saturated rings. The average Bonchev–Trinajstić information content (AvgIpc) is 3.93. The Bertz CT molecular complexity index is 2620. The van der Waals surface area contributed by atoms with Crippen molar-refractivity contribution in [3.8, 4) is 17.6 Å². The molecular formula is C48H47Cl2N5O7. The van der Waals surface area contributed by atoms with E-state index in [4.69, 9.17) is 42.1 Å². The number of likely N-dealkylation sites (tertiary alicyclic amines) is 2. The van der Waals surface area contributed by atoms with Gasteiger partial charge in [0.1, 0.15) is 47.8 Å². The van der Waals surface area contributed by atoms with Crippen molar-refractivity contribution in [2.45, 2.75) is 70.7 Å². The number of carbonyl (C=O) groups is 2. The van der Waals surface area contributed by atoms with Crippen LogP contribution in [0.25, 0.3) is 16.7 Å². The lowest BCUT2D eigenvalue weighted by Crippen LogP contribution is -2.44. The summed E-state index contributed by atoms with van der Waals surface area (Å²) in [5, 5.41) is 29.8. The molecule has 2 unspecified atom stereocenters. The first-order chi connectivity index (χ1) is 29.9. The largest absolute Gasteiger partial charge is 0.490 e. The van der Waals surface area contributed by atoms with E-state index in [-0.39, 0.29) is 19.1 Å². The van der Waals surface area contributed by atoms with Crippen molar-refractivity contribution >= 4 is 51.8 Å². The number of aliphatic carboxylic acids is 2. The molecule has 320 valence electrons. The zero-order chi connectivity index (χ0) is 43.5. The molecule has 5 aromatic rings. The van der Waals surface area contributed by atoms with Crippen LogP contribution >= 0.6 is 23.2 Å². The highest BCUT2D eigenvalue weighted by molar-refractivity contribution is 6.34. The Morgan fingerprint density at radius 3 is 2.58 bits per heavy atom. The van der Waals surface area contributed by atoms with Gasteiger partial charge in [-0.2, -0.15) is 5.26 Å². The Balaban J connectivity index is 1.15. The molecule has 0 radical (unpaired) electrons.